The molecule has 4 saturated carbocycles. The first kappa shape index (κ1) is 17.7. The molecule has 0 aliphatic heterocycles. The Labute approximate surface area is 184 Å². The molecule has 5 nitrogen and oxygen atoms in total. The molecule has 7 heteroatoms. The third-order valence-electron chi connectivity index (χ3n) is 8.29. The number of fused-ring (bicyclic) bond motifs is 5. The van der Waals surface area contributed by atoms with Gasteiger partial charge in [-0.05, 0) is 92.2 Å². The standard InChI is InChI=1S/C19H32O5S.Na/c1-18-9-7-13(24-25(21,22)23)11-12(18)3-4-14-15-5-6-17(20)19(15,2)10-8-16(14)18;/h12-17,20H,3-11H2,1-2H3,(H,21,22,23);/q;+1/p-1/t12-,13-,14-,15-,16-,17-,18-,19-;/m0./s1/i6D2,17D;. The Morgan fingerprint density at radius 1 is 1.12 bits per heavy atom. The van der Waals surface area contributed by atoms with Crippen molar-refractivity contribution < 1.29 is 55.9 Å². The van der Waals surface area contributed by atoms with E-state index in [1.54, 1.807) is 0 Å². The van der Waals surface area contributed by atoms with E-state index in [9.17, 15) is 18.1 Å². The van der Waals surface area contributed by atoms with E-state index in [2.05, 4.69) is 6.92 Å². The van der Waals surface area contributed by atoms with E-state index < -0.39 is 34.4 Å². The van der Waals surface area contributed by atoms with E-state index in [1.165, 1.54) is 0 Å². The van der Waals surface area contributed by atoms with Gasteiger partial charge in [0, 0.05) is 2.74 Å². The molecule has 8 atom stereocenters. The van der Waals surface area contributed by atoms with E-state index in [-0.39, 0.29) is 59.1 Å². The number of aliphatic hydroxyl groups is 1. The van der Waals surface area contributed by atoms with Crippen molar-refractivity contribution in [3.8, 4) is 0 Å². The van der Waals surface area contributed by atoms with Gasteiger partial charge in [0.2, 0.25) is 10.4 Å². The molecule has 0 unspecified atom stereocenters. The second-order valence-corrected chi connectivity index (χ2v) is 10.3. The molecule has 144 valence electrons. The van der Waals surface area contributed by atoms with Crippen LogP contribution in [0.25, 0.3) is 0 Å². The Bertz CT molecular complexity index is 763. The molecule has 4 rings (SSSR count). The minimum Gasteiger partial charge on any atom is -0.726 e. The van der Waals surface area contributed by atoms with Crippen LogP contribution in [-0.2, 0) is 14.6 Å². The third-order valence-corrected chi connectivity index (χ3v) is 8.80. The van der Waals surface area contributed by atoms with Crippen LogP contribution in [-0.4, -0.2) is 30.3 Å². The zero-order valence-corrected chi connectivity index (χ0v) is 18.8. The Hall–Kier alpha value is 0.830. The van der Waals surface area contributed by atoms with Crippen LogP contribution < -0.4 is 29.6 Å². The minimum atomic E-state index is -4.69. The number of rotatable bonds is 2. The van der Waals surface area contributed by atoms with E-state index in [0.29, 0.717) is 25.2 Å². The van der Waals surface area contributed by atoms with Gasteiger partial charge in [-0.3, -0.25) is 4.18 Å². The fraction of sp³-hybridized carbons (Fsp3) is 1.00. The first-order chi connectivity index (χ1) is 12.7. The van der Waals surface area contributed by atoms with Crippen LogP contribution >= 0.6 is 0 Å². The third kappa shape index (κ3) is 3.46. The van der Waals surface area contributed by atoms with Crippen molar-refractivity contribution in [2.24, 2.45) is 34.5 Å². The van der Waals surface area contributed by atoms with Crippen molar-refractivity contribution in [2.75, 3.05) is 0 Å². The van der Waals surface area contributed by atoms with E-state index in [1.807, 2.05) is 6.92 Å². The summed E-state index contributed by atoms with van der Waals surface area (Å²) in [4.78, 5) is 0. The fourth-order valence-corrected chi connectivity index (χ4v) is 7.38. The van der Waals surface area contributed by atoms with Crippen LogP contribution in [0.3, 0.4) is 0 Å². The second-order valence-electron chi connectivity index (χ2n) is 9.24. The van der Waals surface area contributed by atoms with Crippen molar-refractivity contribution in [1.29, 1.82) is 0 Å². The van der Waals surface area contributed by atoms with Gasteiger partial charge in [-0.25, -0.2) is 8.42 Å². The van der Waals surface area contributed by atoms with Crippen LogP contribution in [0.2, 0.25) is 0 Å². The summed E-state index contributed by atoms with van der Waals surface area (Å²) in [5.74, 6) is 0.915. The summed E-state index contributed by atoms with van der Waals surface area (Å²) >= 11 is 0. The first-order valence-corrected chi connectivity index (χ1v) is 10.9. The second kappa shape index (κ2) is 7.26. The van der Waals surface area contributed by atoms with Crippen molar-refractivity contribution in [1.82, 2.24) is 0 Å². The molecule has 0 saturated heterocycles. The molecule has 0 amide bonds. The molecule has 0 radical (unpaired) electrons. The quantitative estimate of drug-likeness (QED) is 0.410. The van der Waals surface area contributed by atoms with Gasteiger partial charge in [0.05, 0.1) is 13.6 Å². The normalized spacial score (nSPS) is 57.4. The summed E-state index contributed by atoms with van der Waals surface area (Å²) in [5.41, 5.74) is -0.732. The minimum absolute atomic E-state index is 0. The predicted molar refractivity (Wildman–Crippen MR) is 92.3 cm³/mol. The van der Waals surface area contributed by atoms with Crippen LogP contribution in [0.4, 0.5) is 0 Å². The van der Waals surface area contributed by atoms with Gasteiger partial charge in [0.15, 0.2) is 0 Å². The monoisotopic (exact) mass is 397 g/mol. The summed E-state index contributed by atoms with van der Waals surface area (Å²) in [5, 5.41) is 10.8. The van der Waals surface area contributed by atoms with E-state index in [4.69, 9.17) is 8.30 Å². The zero-order valence-electron chi connectivity index (χ0n) is 19.0. The molecule has 4 fully saturated rings. The number of hydrogen-bond acceptors (Lipinski definition) is 5. The molecular formula is C19H31NaO5S. The molecule has 0 bridgehead atoms. The summed E-state index contributed by atoms with van der Waals surface area (Å²) in [7, 11) is -4.69. The topological polar surface area (TPSA) is 86.7 Å². The molecule has 4 aliphatic rings. The SMILES string of the molecule is [2H]C1([2H])C[C@H]2[C@@H]3CC[C@H]4C[C@@H](OS(=O)(=O)[O-])CC[C@]4(C)[C@H]3CC[C@]2(C)[C@@]1([2H])O.[Na+]. The van der Waals surface area contributed by atoms with Crippen LogP contribution in [0, 0.1) is 34.5 Å². The predicted octanol–water partition coefficient (Wildman–Crippen LogP) is 0.239. The molecular weight excluding hydrogens is 363 g/mol. The Kier molecular flexibility index (Phi) is 4.93. The largest absolute Gasteiger partial charge is 1.00 e. The average molecular weight is 398 g/mol. The zero-order chi connectivity index (χ0) is 20.8. The van der Waals surface area contributed by atoms with Crippen molar-refractivity contribution in [3.63, 3.8) is 0 Å². The molecule has 0 aromatic rings. The van der Waals surface area contributed by atoms with Crippen molar-refractivity contribution in [3.05, 3.63) is 0 Å². The van der Waals surface area contributed by atoms with E-state index in [0.717, 1.165) is 25.7 Å². The van der Waals surface area contributed by atoms with Gasteiger partial charge >= 0.3 is 29.6 Å². The molecule has 26 heavy (non-hydrogen) atoms. The van der Waals surface area contributed by atoms with Gasteiger partial charge < -0.3 is 9.66 Å². The molecule has 4 aliphatic carbocycles. The maximum absolute atomic E-state index is 11.0. The molecule has 0 heterocycles. The Morgan fingerprint density at radius 3 is 2.46 bits per heavy atom. The summed E-state index contributed by atoms with van der Waals surface area (Å²) < 4.78 is 62.7. The molecule has 1 N–H and O–H groups in total. The van der Waals surface area contributed by atoms with Crippen LogP contribution in [0.1, 0.15) is 75.7 Å². The van der Waals surface area contributed by atoms with Crippen LogP contribution in [0.15, 0.2) is 0 Å². The summed E-state index contributed by atoms with van der Waals surface area (Å²) in [6.07, 6.45) is 0.902. The van der Waals surface area contributed by atoms with Crippen molar-refractivity contribution in [2.45, 2.75) is 83.8 Å². The summed E-state index contributed by atoms with van der Waals surface area (Å²) in [6.45, 7) is 4.15. The van der Waals surface area contributed by atoms with Crippen LogP contribution in [0.5, 0.6) is 0 Å². The van der Waals surface area contributed by atoms with Gasteiger partial charge in [-0.1, -0.05) is 13.8 Å². The first-order valence-electron chi connectivity index (χ1n) is 11.1. The maximum Gasteiger partial charge on any atom is 1.00 e. The fourth-order valence-electron chi connectivity index (χ4n) is 6.87. The Balaban J connectivity index is 0.00000240. The smallest absolute Gasteiger partial charge is 0.726 e. The van der Waals surface area contributed by atoms with Gasteiger partial charge in [-0.15, -0.1) is 0 Å². The van der Waals surface area contributed by atoms with Gasteiger partial charge in [0.1, 0.15) is 0 Å². The summed E-state index contributed by atoms with van der Waals surface area (Å²) in [6, 6.07) is 0. The van der Waals surface area contributed by atoms with E-state index >= 15 is 0 Å². The molecule has 0 aromatic heterocycles. The van der Waals surface area contributed by atoms with Crippen molar-refractivity contribution >= 4 is 10.4 Å². The molecule has 0 aromatic carbocycles. The van der Waals surface area contributed by atoms with Gasteiger partial charge in [0.25, 0.3) is 0 Å². The Morgan fingerprint density at radius 2 is 1.77 bits per heavy atom. The maximum atomic E-state index is 11.0. The number of hydrogen-bond donors (Lipinski definition) is 1. The van der Waals surface area contributed by atoms with Gasteiger partial charge in [-0.2, -0.15) is 0 Å². The molecule has 0 spiro atoms. The average Bonchev–Trinajstić information content (AvgIpc) is 2.70.